The van der Waals surface area contributed by atoms with Crippen LogP contribution >= 0.6 is 0 Å². The van der Waals surface area contributed by atoms with Crippen molar-refractivity contribution in [3.8, 4) is 0 Å². The van der Waals surface area contributed by atoms with E-state index >= 15 is 0 Å². The molecule has 2 amide bonds. The summed E-state index contributed by atoms with van der Waals surface area (Å²) < 4.78 is 0. The van der Waals surface area contributed by atoms with E-state index in [4.69, 9.17) is 0 Å². The second-order valence-corrected chi connectivity index (χ2v) is 7.33. The maximum Gasteiger partial charge on any atom is 0.254 e. The van der Waals surface area contributed by atoms with E-state index in [2.05, 4.69) is 10.3 Å². The molecule has 1 aromatic heterocycles. The number of aryl methyl sites for hydroxylation is 2. The van der Waals surface area contributed by atoms with Gasteiger partial charge in [0, 0.05) is 30.2 Å². The number of nitrogens with zero attached hydrogens (tertiary/aromatic N) is 2. The van der Waals surface area contributed by atoms with E-state index in [1.807, 2.05) is 43.0 Å². The van der Waals surface area contributed by atoms with Crippen LogP contribution in [0.15, 0.2) is 24.3 Å². The van der Waals surface area contributed by atoms with Crippen molar-refractivity contribution in [1.82, 2.24) is 15.2 Å². The molecule has 1 N–H and O–H groups in total. The lowest BCUT2D eigenvalue weighted by Gasteiger charge is -2.28. The van der Waals surface area contributed by atoms with Crippen molar-refractivity contribution < 1.29 is 9.59 Å². The van der Waals surface area contributed by atoms with Crippen molar-refractivity contribution in [3.05, 3.63) is 41.1 Å². The van der Waals surface area contributed by atoms with Crippen LogP contribution in [-0.4, -0.2) is 40.8 Å². The van der Waals surface area contributed by atoms with Crippen LogP contribution in [0.2, 0.25) is 0 Å². The van der Waals surface area contributed by atoms with Crippen molar-refractivity contribution >= 4 is 22.7 Å². The first-order valence-electron chi connectivity index (χ1n) is 8.99. The van der Waals surface area contributed by atoms with Gasteiger partial charge in [0.15, 0.2) is 0 Å². The molecule has 2 aliphatic rings. The van der Waals surface area contributed by atoms with E-state index in [1.165, 1.54) is 0 Å². The Morgan fingerprint density at radius 3 is 2.92 bits per heavy atom. The first-order chi connectivity index (χ1) is 12.0. The lowest BCUT2D eigenvalue weighted by Crippen LogP contribution is -2.41. The Morgan fingerprint density at radius 2 is 2.08 bits per heavy atom. The molecule has 25 heavy (non-hydrogen) atoms. The van der Waals surface area contributed by atoms with Crippen LogP contribution in [0.25, 0.3) is 10.9 Å². The van der Waals surface area contributed by atoms with Gasteiger partial charge in [0.05, 0.1) is 17.0 Å². The van der Waals surface area contributed by atoms with Crippen LogP contribution in [0.1, 0.15) is 40.9 Å². The first-order valence-corrected chi connectivity index (χ1v) is 8.99. The van der Waals surface area contributed by atoms with Crippen LogP contribution < -0.4 is 5.32 Å². The Hall–Kier alpha value is -2.43. The molecule has 5 heteroatoms. The number of para-hydroxylation sites is 1. The largest absolute Gasteiger partial charge is 0.351 e. The van der Waals surface area contributed by atoms with E-state index in [0.717, 1.165) is 41.4 Å². The van der Waals surface area contributed by atoms with Crippen molar-refractivity contribution in [3.63, 3.8) is 0 Å². The fraction of sp³-hybridized carbons (Fsp3) is 0.450. The van der Waals surface area contributed by atoms with Crippen molar-refractivity contribution in [2.45, 2.75) is 39.2 Å². The molecule has 0 spiro atoms. The molecule has 4 rings (SSSR count). The minimum atomic E-state index is -0.0904. The highest BCUT2D eigenvalue weighted by atomic mass is 16.2. The summed E-state index contributed by atoms with van der Waals surface area (Å²) in [6.45, 7) is 5.04. The number of carbonyl (C=O) groups is 2. The maximum atomic E-state index is 13.3. The molecule has 5 nitrogen and oxygen atoms in total. The lowest BCUT2D eigenvalue weighted by atomic mass is 9.98. The Balaban J connectivity index is 1.75. The fourth-order valence-electron chi connectivity index (χ4n) is 4.08. The summed E-state index contributed by atoms with van der Waals surface area (Å²) in [6.07, 6.45) is 2.86. The molecular weight excluding hydrogens is 314 g/mol. The number of carbonyl (C=O) groups excluding carboxylic acids is 2. The van der Waals surface area contributed by atoms with Gasteiger partial charge in [-0.2, -0.15) is 0 Å². The van der Waals surface area contributed by atoms with Gasteiger partial charge in [-0.25, -0.2) is 0 Å². The molecule has 0 unspecified atom stereocenters. The van der Waals surface area contributed by atoms with Crippen LogP contribution in [0.3, 0.4) is 0 Å². The minimum Gasteiger partial charge on any atom is -0.351 e. The molecule has 2 fully saturated rings. The first kappa shape index (κ1) is 16.1. The van der Waals surface area contributed by atoms with E-state index in [9.17, 15) is 9.59 Å². The third kappa shape index (κ3) is 2.88. The van der Waals surface area contributed by atoms with Gasteiger partial charge in [-0.3, -0.25) is 14.6 Å². The standard InChI is InChI=1S/C20H23N3O2/c1-12-5-3-8-16-17(9-13(2)21-18(12)16)20(25)23-10-14-6-4-7-15(11-23)22-19(14)24/h3,5,8-9,14-15H,4,6-7,10-11H2,1-2H3,(H,22,24)/t14-,15-/m1/s1. The Kier molecular flexibility index (Phi) is 3.94. The van der Waals surface area contributed by atoms with Crippen LogP contribution in [-0.2, 0) is 4.79 Å². The topological polar surface area (TPSA) is 62.3 Å². The number of hydrogen-bond acceptors (Lipinski definition) is 3. The van der Waals surface area contributed by atoms with Gasteiger partial charge in [0.1, 0.15) is 0 Å². The summed E-state index contributed by atoms with van der Waals surface area (Å²) in [5, 5.41) is 3.98. The van der Waals surface area contributed by atoms with Gasteiger partial charge < -0.3 is 10.2 Å². The van der Waals surface area contributed by atoms with E-state index in [1.54, 1.807) is 0 Å². The molecule has 2 atom stereocenters. The highest BCUT2D eigenvalue weighted by molar-refractivity contribution is 6.07. The Bertz CT molecular complexity index is 861. The van der Waals surface area contributed by atoms with Gasteiger partial charge in [0.25, 0.3) is 5.91 Å². The normalized spacial score (nSPS) is 23.3. The number of likely N-dealkylation sites (tertiary alicyclic amines) is 1. The zero-order valence-corrected chi connectivity index (χ0v) is 14.7. The quantitative estimate of drug-likeness (QED) is 0.870. The molecular formula is C20H23N3O2. The number of amides is 2. The van der Waals surface area contributed by atoms with Crippen LogP contribution in [0, 0.1) is 19.8 Å². The SMILES string of the molecule is Cc1cc(C(=O)N2C[C@H]3CCC[C@H](C2)C(=O)N3)c2cccc(C)c2n1. The fourth-order valence-corrected chi connectivity index (χ4v) is 4.08. The third-order valence-electron chi connectivity index (χ3n) is 5.39. The smallest absolute Gasteiger partial charge is 0.254 e. The molecule has 2 bridgehead atoms. The molecule has 3 heterocycles. The third-order valence-corrected chi connectivity index (χ3v) is 5.39. The second kappa shape index (κ2) is 6.14. The number of aromatic nitrogens is 1. The monoisotopic (exact) mass is 337 g/mol. The van der Waals surface area contributed by atoms with Gasteiger partial charge in [0.2, 0.25) is 5.91 Å². The molecule has 1 aromatic carbocycles. The zero-order valence-electron chi connectivity index (χ0n) is 14.7. The van der Waals surface area contributed by atoms with E-state index in [0.29, 0.717) is 18.7 Å². The summed E-state index contributed by atoms with van der Waals surface area (Å²) >= 11 is 0. The van der Waals surface area contributed by atoms with Crippen LogP contribution in [0.4, 0.5) is 0 Å². The Morgan fingerprint density at radius 1 is 1.24 bits per heavy atom. The number of benzene rings is 1. The predicted molar refractivity (Wildman–Crippen MR) is 96.4 cm³/mol. The highest BCUT2D eigenvalue weighted by Crippen LogP contribution is 2.26. The summed E-state index contributed by atoms with van der Waals surface area (Å²) in [4.78, 5) is 32.1. The summed E-state index contributed by atoms with van der Waals surface area (Å²) in [5.41, 5.74) is 3.49. The number of nitrogens with one attached hydrogen (secondary N) is 1. The maximum absolute atomic E-state index is 13.3. The average Bonchev–Trinajstić information content (AvgIpc) is 2.83. The molecule has 0 aliphatic carbocycles. The number of rotatable bonds is 1. The molecule has 0 radical (unpaired) electrons. The number of pyridine rings is 1. The molecule has 130 valence electrons. The summed E-state index contributed by atoms with van der Waals surface area (Å²) in [7, 11) is 0. The zero-order chi connectivity index (χ0) is 17.6. The van der Waals surface area contributed by atoms with Gasteiger partial charge >= 0.3 is 0 Å². The van der Waals surface area contributed by atoms with Crippen LogP contribution in [0.5, 0.6) is 0 Å². The van der Waals surface area contributed by atoms with Crippen molar-refractivity contribution in [2.75, 3.05) is 13.1 Å². The average molecular weight is 337 g/mol. The molecule has 2 aliphatic heterocycles. The van der Waals surface area contributed by atoms with Crippen molar-refractivity contribution in [1.29, 1.82) is 0 Å². The molecule has 2 aromatic rings. The molecule has 0 saturated carbocycles. The Labute approximate surface area is 147 Å². The van der Waals surface area contributed by atoms with Crippen molar-refractivity contribution in [2.24, 2.45) is 5.92 Å². The lowest BCUT2D eigenvalue weighted by molar-refractivity contribution is -0.124. The van der Waals surface area contributed by atoms with Gasteiger partial charge in [-0.1, -0.05) is 24.6 Å². The highest BCUT2D eigenvalue weighted by Gasteiger charge is 2.35. The minimum absolute atomic E-state index is 0.00880. The van der Waals surface area contributed by atoms with E-state index in [-0.39, 0.29) is 23.8 Å². The predicted octanol–water partition coefficient (Wildman–Crippen LogP) is 2.59. The second-order valence-electron chi connectivity index (χ2n) is 7.33. The summed E-state index contributed by atoms with van der Waals surface area (Å²) in [5.74, 6) is 0.0197. The summed E-state index contributed by atoms with van der Waals surface area (Å²) in [6, 6.07) is 7.89. The number of hydrogen-bond donors (Lipinski definition) is 1. The van der Waals surface area contributed by atoms with Gasteiger partial charge in [-0.15, -0.1) is 0 Å². The molecule has 2 saturated heterocycles. The van der Waals surface area contributed by atoms with E-state index < -0.39 is 0 Å². The van der Waals surface area contributed by atoms with Gasteiger partial charge in [-0.05, 0) is 38.3 Å². The number of fused-ring (bicyclic) bond motifs is 4.